The first kappa shape index (κ1) is 19.4. The topological polar surface area (TPSA) is 58.7 Å². The predicted molar refractivity (Wildman–Crippen MR) is 104 cm³/mol. The Morgan fingerprint density at radius 3 is 2.59 bits per heavy atom. The van der Waals surface area contributed by atoms with Crippen LogP contribution in [0.3, 0.4) is 0 Å². The number of hydrogen-bond acceptors (Lipinski definition) is 2. The molecule has 6 heteroatoms. The molecule has 1 saturated heterocycles. The average molecular weight is 435 g/mol. The molecule has 124 valence electrons. The normalized spacial score (nSPS) is 21.9. The molecule has 0 spiro atoms. The predicted octanol–water partition coefficient (Wildman–Crippen LogP) is 3.15. The third kappa shape index (κ3) is 5.22. The standard InChI is InChI=1S/C16H25N3OS.HI/c1-12-5-4-10-19(11-12)16(17)18-13(2)14-6-8-15(9-7-14)21(3)20;/h6-9,12-13H,4-5,10-11H2,1-3H3,(H2,17,18);1H. The van der Waals surface area contributed by atoms with E-state index in [1.165, 1.54) is 12.8 Å². The van der Waals surface area contributed by atoms with E-state index in [9.17, 15) is 4.21 Å². The maximum atomic E-state index is 11.4. The molecule has 0 aliphatic carbocycles. The van der Waals surface area contributed by atoms with E-state index in [0.29, 0.717) is 11.9 Å². The molecule has 1 fully saturated rings. The fourth-order valence-corrected chi connectivity index (χ4v) is 3.21. The van der Waals surface area contributed by atoms with Gasteiger partial charge in [0.2, 0.25) is 0 Å². The van der Waals surface area contributed by atoms with Crippen LogP contribution in [0.5, 0.6) is 0 Å². The largest absolute Gasteiger partial charge is 0.370 e. The van der Waals surface area contributed by atoms with Crippen LogP contribution in [-0.4, -0.2) is 34.4 Å². The monoisotopic (exact) mass is 435 g/mol. The van der Waals surface area contributed by atoms with E-state index in [1.807, 2.05) is 31.2 Å². The van der Waals surface area contributed by atoms with Crippen LogP contribution in [0, 0.1) is 5.92 Å². The lowest BCUT2D eigenvalue weighted by molar-refractivity contribution is 0.269. The van der Waals surface area contributed by atoms with Crippen molar-refractivity contribution in [3.8, 4) is 0 Å². The van der Waals surface area contributed by atoms with E-state index in [1.54, 1.807) is 6.26 Å². The van der Waals surface area contributed by atoms with Crippen molar-refractivity contribution in [2.75, 3.05) is 19.3 Å². The second-order valence-corrected chi connectivity index (χ2v) is 7.26. The van der Waals surface area contributed by atoms with Crippen molar-refractivity contribution in [2.24, 2.45) is 16.6 Å². The van der Waals surface area contributed by atoms with E-state index in [4.69, 9.17) is 5.73 Å². The van der Waals surface area contributed by atoms with Gasteiger partial charge in [-0.15, -0.1) is 24.0 Å². The highest BCUT2D eigenvalue weighted by Gasteiger charge is 2.18. The van der Waals surface area contributed by atoms with Gasteiger partial charge in [-0.05, 0) is 43.4 Å². The molecule has 1 aromatic rings. The second kappa shape index (κ2) is 8.86. The van der Waals surface area contributed by atoms with Crippen molar-refractivity contribution in [1.29, 1.82) is 0 Å². The summed E-state index contributed by atoms with van der Waals surface area (Å²) in [7, 11) is -0.938. The van der Waals surface area contributed by atoms with Crippen LogP contribution in [0.2, 0.25) is 0 Å². The molecule has 0 aromatic heterocycles. The Labute approximate surface area is 153 Å². The minimum absolute atomic E-state index is 0. The van der Waals surface area contributed by atoms with Crippen molar-refractivity contribution in [3.63, 3.8) is 0 Å². The fourth-order valence-electron chi connectivity index (χ4n) is 2.69. The molecule has 0 radical (unpaired) electrons. The first-order valence-corrected chi connectivity index (χ1v) is 9.04. The van der Waals surface area contributed by atoms with Crippen LogP contribution >= 0.6 is 24.0 Å². The number of nitrogens with two attached hydrogens (primary N) is 1. The quantitative estimate of drug-likeness (QED) is 0.451. The Kier molecular flexibility index (Phi) is 7.82. The van der Waals surface area contributed by atoms with Gasteiger partial charge in [0, 0.05) is 35.0 Å². The smallest absolute Gasteiger partial charge is 0.191 e. The summed E-state index contributed by atoms with van der Waals surface area (Å²) in [5.74, 6) is 1.32. The third-order valence-corrected chi connectivity index (χ3v) is 4.94. The number of benzene rings is 1. The molecule has 0 bridgehead atoms. The van der Waals surface area contributed by atoms with Gasteiger partial charge in [0.1, 0.15) is 0 Å². The van der Waals surface area contributed by atoms with Gasteiger partial charge < -0.3 is 10.6 Å². The Bertz CT molecular complexity index is 533. The molecule has 2 rings (SSSR count). The Morgan fingerprint density at radius 1 is 1.41 bits per heavy atom. The van der Waals surface area contributed by atoms with Crippen LogP contribution in [0.25, 0.3) is 0 Å². The van der Waals surface area contributed by atoms with Crippen LogP contribution in [0.1, 0.15) is 38.3 Å². The zero-order valence-electron chi connectivity index (χ0n) is 13.5. The van der Waals surface area contributed by atoms with Gasteiger partial charge in [-0.3, -0.25) is 4.21 Å². The van der Waals surface area contributed by atoms with Gasteiger partial charge in [-0.2, -0.15) is 0 Å². The summed E-state index contributed by atoms with van der Waals surface area (Å²) < 4.78 is 11.4. The Balaban J connectivity index is 0.00000242. The Morgan fingerprint density at radius 2 is 2.05 bits per heavy atom. The van der Waals surface area contributed by atoms with Crippen LogP contribution < -0.4 is 5.73 Å². The molecular weight excluding hydrogens is 409 g/mol. The molecule has 1 aliphatic rings. The van der Waals surface area contributed by atoms with E-state index >= 15 is 0 Å². The average Bonchev–Trinajstić information content (AvgIpc) is 2.47. The Hall–Kier alpha value is -0.630. The van der Waals surface area contributed by atoms with Crippen molar-refractivity contribution < 1.29 is 4.21 Å². The molecule has 3 atom stereocenters. The van der Waals surface area contributed by atoms with E-state index < -0.39 is 10.8 Å². The number of hydrogen-bond donors (Lipinski definition) is 1. The van der Waals surface area contributed by atoms with Gasteiger partial charge in [-0.1, -0.05) is 19.1 Å². The molecule has 4 nitrogen and oxygen atoms in total. The zero-order chi connectivity index (χ0) is 15.4. The van der Waals surface area contributed by atoms with Crippen molar-refractivity contribution in [2.45, 2.75) is 37.6 Å². The molecule has 3 unspecified atom stereocenters. The lowest BCUT2D eigenvalue weighted by atomic mass is 10.0. The lowest BCUT2D eigenvalue weighted by Crippen LogP contribution is -2.43. The maximum Gasteiger partial charge on any atom is 0.191 e. The second-order valence-electron chi connectivity index (χ2n) is 5.88. The fraction of sp³-hybridized carbons (Fsp3) is 0.562. The lowest BCUT2D eigenvalue weighted by Gasteiger charge is -2.32. The molecule has 0 amide bonds. The van der Waals surface area contributed by atoms with Crippen LogP contribution in [-0.2, 0) is 10.8 Å². The maximum absolute atomic E-state index is 11.4. The van der Waals surface area contributed by atoms with Crippen LogP contribution in [0.4, 0.5) is 0 Å². The van der Waals surface area contributed by atoms with Gasteiger partial charge in [0.15, 0.2) is 5.96 Å². The molecule has 1 aromatic carbocycles. The summed E-state index contributed by atoms with van der Waals surface area (Å²) in [6, 6.07) is 7.78. The molecular formula is C16H26IN3OS. The summed E-state index contributed by atoms with van der Waals surface area (Å²) >= 11 is 0. The number of halogens is 1. The number of nitrogens with zero attached hydrogens (tertiary/aromatic N) is 2. The van der Waals surface area contributed by atoms with Gasteiger partial charge >= 0.3 is 0 Å². The minimum Gasteiger partial charge on any atom is -0.370 e. The van der Waals surface area contributed by atoms with Gasteiger partial charge in [-0.25, -0.2) is 4.99 Å². The van der Waals surface area contributed by atoms with E-state index in [0.717, 1.165) is 23.5 Å². The first-order chi connectivity index (χ1) is 9.97. The van der Waals surface area contributed by atoms with Gasteiger partial charge in [0.05, 0.1) is 6.04 Å². The van der Waals surface area contributed by atoms with Crippen molar-refractivity contribution in [3.05, 3.63) is 29.8 Å². The highest BCUT2D eigenvalue weighted by Crippen LogP contribution is 2.20. The third-order valence-electron chi connectivity index (χ3n) is 4.00. The van der Waals surface area contributed by atoms with E-state index in [2.05, 4.69) is 16.8 Å². The number of piperidine rings is 1. The summed E-state index contributed by atoms with van der Waals surface area (Å²) in [4.78, 5) is 7.65. The highest BCUT2D eigenvalue weighted by atomic mass is 127. The summed E-state index contributed by atoms with van der Waals surface area (Å²) in [5.41, 5.74) is 7.25. The summed E-state index contributed by atoms with van der Waals surface area (Å²) in [6.45, 7) is 6.29. The summed E-state index contributed by atoms with van der Waals surface area (Å²) in [5, 5.41) is 0. The van der Waals surface area contributed by atoms with E-state index in [-0.39, 0.29) is 30.0 Å². The van der Waals surface area contributed by atoms with Crippen LogP contribution in [0.15, 0.2) is 34.2 Å². The number of aliphatic imine (C=N–C) groups is 1. The molecule has 1 heterocycles. The molecule has 2 N–H and O–H groups in total. The number of guanidine groups is 1. The highest BCUT2D eigenvalue weighted by molar-refractivity contribution is 14.0. The first-order valence-electron chi connectivity index (χ1n) is 7.49. The zero-order valence-corrected chi connectivity index (χ0v) is 16.6. The van der Waals surface area contributed by atoms with Crippen molar-refractivity contribution >= 4 is 40.7 Å². The minimum atomic E-state index is -0.938. The molecule has 0 saturated carbocycles. The van der Waals surface area contributed by atoms with Crippen molar-refractivity contribution in [1.82, 2.24) is 4.90 Å². The number of rotatable bonds is 3. The SMILES string of the molecule is CC1CCCN(C(N)=NC(C)c2ccc(S(C)=O)cc2)C1.I. The molecule has 1 aliphatic heterocycles. The van der Waals surface area contributed by atoms with Gasteiger partial charge in [0.25, 0.3) is 0 Å². The number of likely N-dealkylation sites (tertiary alicyclic amines) is 1. The summed E-state index contributed by atoms with van der Waals surface area (Å²) in [6.07, 6.45) is 4.14. The molecule has 22 heavy (non-hydrogen) atoms.